The number of halogens is 1. The van der Waals surface area contributed by atoms with Crippen LogP contribution in [-0.4, -0.2) is 34.5 Å². The highest BCUT2D eigenvalue weighted by molar-refractivity contribution is 6.31. The van der Waals surface area contributed by atoms with E-state index in [1.165, 1.54) is 0 Å². The van der Waals surface area contributed by atoms with Gasteiger partial charge in [-0.05, 0) is 31.2 Å². The highest BCUT2D eigenvalue weighted by Crippen LogP contribution is 2.37. The van der Waals surface area contributed by atoms with E-state index in [1.807, 2.05) is 15.7 Å². The summed E-state index contributed by atoms with van der Waals surface area (Å²) in [6.45, 7) is 3.59. The quantitative estimate of drug-likeness (QED) is 0.904. The summed E-state index contributed by atoms with van der Waals surface area (Å²) in [4.78, 5) is 14.5. The summed E-state index contributed by atoms with van der Waals surface area (Å²) in [7, 11) is 0. The van der Waals surface area contributed by atoms with Crippen molar-refractivity contribution in [3.63, 3.8) is 0 Å². The first-order chi connectivity index (χ1) is 9.04. The largest absolute Gasteiger partial charge is 0.339 e. The molecule has 2 N–H and O–H groups in total. The fourth-order valence-electron chi connectivity index (χ4n) is 3.00. The van der Waals surface area contributed by atoms with Crippen LogP contribution in [0, 0.1) is 5.92 Å². The van der Waals surface area contributed by atoms with Crippen molar-refractivity contribution in [2.24, 2.45) is 11.7 Å². The van der Waals surface area contributed by atoms with Crippen molar-refractivity contribution in [3.05, 3.63) is 23.0 Å². The molecule has 1 amide bonds. The highest BCUT2D eigenvalue weighted by atomic mass is 35.5. The number of amides is 1. The predicted molar refractivity (Wildman–Crippen MR) is 75.4 cm³/mol. The van der Waals surface area contributed by atoms with Crippen molar-refractivity contribution in [1.82, 2.24) is 9.47 Å². The molecule has 1 aromatic heterocycles. The van der Waals surface area contributed by atoms with Crippen molar-refractivity contribution in [2.45, 2.75) is 38.3 Å². The molecule has 1 aliphatic carbocycles. The van der Waals surface area contributed by atoms with Crippen molar-refractivity contribution in [3.8, 4) is 0 Å². The molecule has 5 heteroatoms. The lowest BCUT2D eigenvalue weighted by Gasteiger charge is -2.34. The molecule has 2 heterocycles. The Bertz CT molecular complexity index is 485. The Balaban J connectivity index is 1.83. The number of rotatable bonds is 2. The van der Waals surface area contributed by atoms with Gasteiger partial charge in [0.05, 0.1) is 5.02 Å². The van der Waals surface area contributed by atoms with E-state index >= 15 is 0 Å². The average Bonchev–Trinajstić information content (AvgIpc) is 3.10. The van der Waals surface area contributed by atoms with Gasteiger partial charge in [0.2, 0.25) is 0 Å². The summed E-state index contributed by atoms with van der Waals surface area (Å²) in [5.41, 5.74) is 6.74. The van der Waals surface area contributed by atoms with E-state index in [4.69, 9.17) is 17.3 Å². The molecule has 1 aromatic rings. The van der Waals surface area contributed by atoms with Crippen LogP contribution in [0.25, 0.3) is 0 Å². The predicted octanol–water partition coefficient (Wildman–Crippen LogP) is 2.29. The summed E-state index contributed by atoms with van der Waals surface area (Å²) in [5.74, 6) is 0.535. The molecule has 0 radical (unpaired) electrons. The number of carbonyl (C=O) groups is 1. The first-order valence-electron chi connectivity index (χ1n) is 6.97. The molecule has 2 fully saturated rings. The maximum Gasteiger partial charge on any atom is 0.270 e. The molecule has 1 saturated heterocycles. The van der Waals surface area contributed by atoms with Gasteiger partial charge in [0, 0.05) is 31.4 Å². The number of nitrogens with zero attached hydrogens (tertiary/aromatic N) is 2. The number of nitrogens with two attached hydrogens (primary N) is 1. The molecule has 4 nitrogen and oxygen atoms in total. The molecule has 1 saturated carbocycles. The third-order valence-electron chi connectivity index (χ3n) is 3.95. The molecular formula is C14H20ClN3O. The van der Waals surface area contributed by atoms with Crippen LogP contribution in [0.4, 0.5) is 0 Å². The Morgan fingerprint density at radius 1 is 1.42 bits per heavy atom. The van der Waals surface area contributed by atoms with Crippen molar-refractivity contribution in [2.75, 3.05) is 13.1 Å². The minimum absolute atomic E-state index is 0.0702. The average molecular weight is 282 g/mol. The molecule has 0 bridgehead atoms. The number of carbonyl (C=O) groups excluding carboxylic acids is 1. The zero-order valence-corrected chi connectivity index (χ0v) is 11.9. The Kier molecular flexibility index (Phi) is 3.31. The normalized spacial score (nSPS) is 27.6. The van der Waals surface area contributed by atoms with Crippen LogP contribution >= 0.6 is 11.6 Å². The third-order valence-corrected chi connectivity index (χ3v) is 4.16. The van der Waals surface area contributed by atoms with E-state index in [-0.39, 0.29) is 11.9 Å². The summed E-state index contributed by atoms with van der Waals surface area (Å²) in [6.07, 6.45) is 5.15. The molecule has 1 aliphatic heterocycles. The van der Waals surface area contributed by atoms with Gasteiger partial charge in [-0.3, -0.25) is 4.79 Å². The van der Waals surface area contributed by atoms with Crippen LogP contribution in [0.3, 0.4) is 0 Å². The Labute approximate surface area is 118 Å². The van der Waals surface area contributed by atoms with Crippen LogP contribution in [0.2, 0.25) is 5.02 Å². The topological polar surface area (TPSA) is 51.3 Å². The molecule has 2 aliphatic rings. The van der Waals surface area contributed by atoms with Gasteiger partial charge in [0.1, 0.15) is 5.69 Å². The lowest BCUT2D eigenvalue weighted by molar-refractivity contribution is 0.0650. The van der Waals surface area contributed by atoms with Gasteiger partial charge in [0.15, 0.2) is 0 Å². The van der Waals surface area contributed by atoms with Crippen LogP contribution in [0.5, 0.6) is 0 Å². The monoisotopic (exact) mass is 281 g/mol. The molecule has 2 unspecified atom stereocenters. The summed E-state index contributed by atoms with van der Waals surface area (Å²) in [6, 6.07) is 2.34. The Hall–Kier alpha value is -1.00. The van der Waals surface area contributed by atoms with Gasteiger partial charge in [-0.2, -0.15) is 0 Å². The van der Waals surface area contributed by atoms with Crippen LogP contribution in [0.1, 0.15) is 42.7 Å². The zero-order valence-electron chi connectivity index (χ0n) is 11.2. The van der Waals surface area contributed by atoms with E-state index < -0.39 is 0 Å². The minimum atomic E-state index is 0.0702. The highest BCUT2D eigenvalue weighted by Gasteiger charge is 2.32. The SMILES string of the molecule is CC1CC(N)CN(C(=O)c2cc(Cl)cn2C2CC2)C1. The van der Waals surface area contributed by atoms with E-state index in [0.29, 0.717) is 29.2 Å². The summed E-state index contributed by atoms with van der Waals surface area (Å²) >= 11 is 6.06. The summed E-state index contributed by atoms with van der Waals surface area (Å²) in [5, 5.41) is 0.643. The Morgan fingerprint density at radius 2 is 2.16 bits per heavy atom. The van der Waals surface area contributed by atoms with Crippen LogP contribution in [-0.2, 0) is 0 Å². The van der Waals surface area contributed by atoms with E-state index in [9.17, 15) is 4.79 Å². The number of piperidine rings is 1. The lowest BCUT2D eigenvalue weighted by atomic mass is 9.96. The zero-order chi connectivity index (χ0) is 13.6. The first kappa shape index (κ1) is 13.0. The third kappa shape index (κ3) is 2.65. The fourth-order valence-corrected chi connectivity index (χ4v) is 3.21. The van der Waals surface area contributed by atoms with Gasteiger partial charge in [-0.15, -0.1) is 0 Å². The number of hydrogen-bond donors (Lipinski definition) is 1. The molecule has 104 valence electrons. The van der Waals surface area contributed by atoms with E-state index in [2.05, 4.69) is 6.92 Å². The van der Waals surface area contributed by atoms with Gasteiger partial charge in [-0.1, -0.05) is 18.5 Å². The number of likely N-dealkylation sites (tertiary alicyclic amines) is 1. The van der Waals surface area contributed by atoms with Crippen molar-refractivity contribution >= 4 is 17.5 Å². The van der Waals surface area contributed by atoms with Gasteiger partial charge in [0.25, 0.3) is 5.91 Å². The second-order valence-electron chi connectivity index (χ2n) is 5.99. The van der Waals surface area contributed by atoms with E-state index in [0.717, 1.165) is 25.8 Å². The maximum atomic E-state index is 12.6. The van der Waals surface area contributed by atoms with E-state index in [1.54, 1.807) is 6.07 Å². The van der Waals surface area contributed by atoms with Crippen molar-refractivity contribution < 1.29 is 4.79 Å². The van der Waals surface area contributed by atoms with Crippen LogP contribution in [0.15, 0.2) is 12.3 Å². The minimum Gasteiger partial charge on any atom is -0.339 e. The molecule has 0 spiro atoms. The van der Waals surface area contributed by atoms with Gasteiger partial charge < -0.3 is 15.2 Å². The molecule has 2 atom stereocenters. The molecular weight excluding hydrogens is 262 g/mol. The standard InChI is InChI=1S/C14H20ClN3O/c1-9-4-11(16)8-17(6-9)14(19)13-5-10(15)7-18(13)12-2-3-12/h5,7,9,11-12H,2-4,6,8,16H2,1H3. The maximum absolute atomic E-state index is 12.6. The number of hydrogen-bond acceptors (Lipinski definition) is 2. The second-order valence-corrected chi connectivity index (χ2v) is 6.43. The molecule has 3 rings (SSSR count). The fraction of sp³-hybridized carbons (Fsp3) is 0.643. The number of aromatic nitrogens is 1. The Morgan fingerprint density at radius 3 is 2.79 bits per heavy atom. The van der Waals surface area contributed by atoms with Gasteiger partial charge in [-0.25, -0.2) is 0 Å². The molecule has 19 heavy (non-hydrogen) atoms. The first-order valence-corrected chi connectivity index (χ1v) is 7.34. The van der Waals surface area contributed by atoms with Crippen LogP contribution < -0.4 is 5.73 Å². The van der Waals surface area contributed by atoms with Gasteiger partial charge >= 0.3 is 0 Å². The van der Waals surface area contributed by atoms with Crippen molar-refractivity contribution in [1.29, 1.82) is 0 Å². The summed E-state index contributed by atoms with van der Waals surface area (Å²) < 4.78 is 2.04. The smallest absolute Gasteiger partial charge is 0.270 e. The second kappa shape index (κ2) is 4.84. The lowest BCUT2D eigenvalue weighted by Crippen LogP contribution is -2.49. The molecule has 0 aromatic carbocycles.